The summed E-state index contributed by atoms with van der Waals surface area (Å²) in [4.78, 5) is 11.3. The highest BCUT2D eigenvalue weighted by molar-refractivity contribution is 5.91. The molecule has 1 saturated heterocycles. The fourth-order valence-corrected chi connectivity index (χ4v) is 3.47. The van der Waals surface area contributed by atoms with E-state index in [1.54, 1.807) is 31.4 Å². The van der Waals surface area contributed by atoms with E-state index in [0.29, 0.717) is 48.1 Å². The van der Waals surface area contributed by atoms with Crippen LogP contribution in [-0.4, -0.2) is 61.4 Å². The Kier molecular flexibility index (Phi) is 6.24. The van der Waals surface area contributed by atoms with Crippen molar-refractivity contribution in [1.29, 1.82) is 0 Å². The van der Waals surface area contributed by atoms with Crippen molar-refractivity contribution >= 4 is 16.7 Å². The highest BCUT2D eigenvalue weighted by Gasteiger charge is 2.31. The summed E-state index contributed by atoms with van der Waals surface area (Å²) in [6.07, 6.45) is -4.44. The largest absolute Gasteiger partial charge is 0.497 e. The van der Waals surface area contributed by atoms with Crippen LogP contribution in [-0.2, 0) is 10.9 Å². The monoisotopic (exact) mass is 432 g/mol. The van der Waals surface area contributed by atoms with E-state index in [2.05, 4.69) is 20.2 Å². The van der Waals surface area contributed by atoms with E-state index in [4.69, 9.17) is 9.47 Å². The third kappa shape index (κ3) is 5.05. The summed E-state index contributed by atoms with van der Waals surface area (Å²) in [5, 5.41) is 3.83. The SMILES string of the molecule is COc1ccc(-c2nc(NCCN3CCOCC3)c3ccc(C(F)(F)F)cc3n2)cc1. The van der Waals surface area contributed by atoms with Gasteiger partial charge < -0.3 is 14.8 Å². The predicted octanol–water partition coefficient (Wildman–Crippen LogP) is 4.07. The predicted molar refractivity (Wildman–Crippen MR) is 112 cm³/mol. The first-order chi connectivity index (χ1) is 14.9. The topological polar surface area (TPSA) is 59.5 Å². The molecule has 0 amide bonds. The molecule has 0 aliphatic carbocycles. The summed E-state index contributed by atoms with van der Waals surface area (Å²) >= 11 is 0. The standard InChI is InChI=1S/C22H23F3N4O2/c1-30-17-5-2-15(3-6-17)20-27-19-14-16(22(23,24)25)4-7-18(19)21(28-20)26-8-9-29-10-12-31-13-11-29/h2-7,14H,8-13H2,1H3,(H,26,27,28). The molecule has 0 atom stereocenters. The third-order valence-corrected chi connectivity index (χ3v) is 5.20. The van der Waals surface area contributed by atoms with Crippen molar-refractivity contribution in [2.45, 2.75) is 6.18 Å². The van der Waals surface area contributed by atoms with Crippen molar-refractivity contribution in [1.82, 2.24) is 14.9 Å². The van der Waals surface area contributed by atoms with E-state index < -0.39 is 11.7 Å². The number of nitrogens with one attached hydrogen (secondary N) is 1. The van der Waals surface area contributed by atoms with E-state index in [9.17, 15) is 13.2 Å². The second-order valence-electron chi connectivity index (χ2n) is 7.23. The number of morpholine rings is 1. The first-order valence-electron chi connectivity index (χ1n) is 10.0. The second-order valence-corrected chi connectivity index (χ2v) is 7.23. The van der Waals surface area contributed by atoms with Crippen LogP contribution in [0.1, 0.15) is 5.56 Å². The number of fused-ring (bicyclic) bond motifs is 1. The minimum atomic E-state index is -4.44. The maximum absolute atomic E-state index is 13.2. The number of methoxy groups -OCH3 is 1. The van der Waals surface area contributed by atoms with Crippen molar-refractivity contribution in [3.05, 3.63) is 48.0 Å². The van der Waals surface area contributed by atoms with E-state index in [1.165, 1.54) is 6.07 Å². The number of aromatic nitrogens is 2. The van der Waals surface area contributed by atoms with Gasteiger partial charge in [-0.25, -0.2) is 9.97 Å². The summed E-state index contributed by atoms with van der Waals surface area (Å²) in [6.45, 7) is 4.52. The maximum Gasteiger partial charge on any atom is 0.416 e. The van der Waals surface area contributed by atoms with Crippen LogP contribution < -0.4 is 10.1 Å². The number of hydrogen-bond donors (Lipinski definition) is 1. The summed E-state index contributed by atoms with van der Waals surface area (Å²) in [6, 6.07) is 10.6. The molecule has 1 fully saturated rings. The van der Waals surface area contributed by atoms with Gasteiger partial charge in [0.25, 0.3) is 0 Å². The van der Waals surface area contributed by atoms with Gasteiger partial charge in [-0.15, -0.1) is 0 Å². The molecular weight excluding hydrogens is 409 g/mol. The minimum absolute atomic E-state index is 0.240. The summed E-state index contributed by atoms with van der Waals surface area (Å²) in [7, 11) is 1.57. The van der Waals surface area contributed by atoms with Gasteiger partial charge in [0.05, 0.1) is 31.4 Å². The fraction of sp³-hybridized carbons (Fsp3) is 0.364. The Balaban J connectivity index is 1.67. The molecule has 6 nitrogen and oxygen atoms in total. The van der Waals surface area contributed by atoms with E-state index >= 15 is 0 Å². The van der Waals surface area contributed by atoms with Crippen molar-refractivity contribution < 1.29 is 22.6 Å². The van der Waals surface area contributed by atoms with Crippen LogP contribution in [0.2, 0.25) is 0 Å². The molecule has 0 spiro atoms. The van der Waals surface area contributed by atoms with Crippen molar-refractivity contribution in [3.8, 4) is 17.1 Å². The Morgan fingerprint density at radius 2 is 1.81 bits per heavy atom. The molecule has 164 valence electrons. The zero-order valence-electron chi connectivity index (χ0n) is 17.1. The van der Waals surface area contributed by atoms with Crippen LogP contribution in [0.5, 0.6) is 5.75 Å². The van der Waals surface area contributed by atoms with Gasteiger partial charge in [-0.1, -0.05) is 0 Å². The van der Waals surface area contributed by atoms with E-state index in [-0.39, 0.29) is 5.52 Å². The first kappa shape index (κ1) is 21.3. The number of nitrogens with zero attached hydrogens (tertiary/aromatic N) is 3. The number of hydrogen-bond acceptors (Lipinski definition) is 6. The molecule has 0 saturated carbocycles. The van der Waals surface area contributed by atoms with Gasteiger partial charge in [0.15, 0.2) is 5.82 Å². The van der Waals surface area contributed by atoms with Crippen LogP contribution in [0, 0.1) is 0 Å². The van der Waals surface area contributed by atoms with Crippen molar-refractivity contribution in [2.24, 2.45) is 0 Å². The minimum Gasteiger partial charge on any atom is -0.497 e. The smallest absolute Gasteiger partial charge is 0.416 e. The lowest BCUT2D eigenvalue weighted by Gasteiger charge is -2.26. The Hall–Kier alpha value is -2.91. The normalized spacial score (nSPS) is 15.2. The number of anilines is 1. The molecule has 2 aromatic carbocycles. The number of halogens is 3. The number of ether oxygens (including phenoxy) is 2. The Morgan fingerprint density at radius 3 is 2.48 bits per heavy atom. The zero-order chi connectivity index (χ0) is 21.8. The zero-order valence-corrected chi connectivity index (χ0v) is 17.1. The number of benzene rings is 2. The highest BCUT2D eigenvalue weighted by Crippen LogP contribution is 2.33. The van der Waals surface area contributed by atoms with Crippen LogP contribution in [0.25, 0.3) is 22.3 Å². The molecule has 0 radical (unpaired) electrons. The molecule has 9 heteroatoms. The molecule has 1 aliphatic heterocycles. The third-order valence-electron chi connectivity index (χ3n) is 5.20. The fourth-order valence-electron chi connectivity index (χ4n) is 3.47. The molecule has 0 bridgehead atoms. The van der Waals surface area contributed by atoms with Gasteiger partial charge in [0.2, 0.25) is 0 Å². The molecule has 1 aromatic heterocycles. The molecule has 3 aromatic rings. The van der Waals surface area contributed by atoms with Gasteiger partial charge in [0.1, 0.15) is 11.6 Å². The molecule has 0 unspecified atom stereocenters. The second kappa shape index (κ2) is 9.07. The molecule has 2 heterocycles. The van der Waals surface area contributed by atoms with Gasteiger partial charge >= 0.3 is 6.18 Å². The Bertz CT molecular complexity index is 1040. The van der Waals surface area contributed by atoms with Crippen molar-refractivity contribution in [2.75, 3.05) is 51.8 Å². The average Bonchev–Trinajstić information content (AvgIpc) is 2.78. The highest BCUT2D eigenvalue weighted by atomic mass is 19.4. The van der Waals surface area contributed by atoms with Crippen LogP contribution in [0.15, 0.2) is 42.5 Å². The quantitative estimate of drug-likeness (QED) is 0.634. The Labute approximate surface area is 178 Å². The van der Waals surface area contributed by atoms with E-state index in [0.717, 1.165) is 31.8 Å². The molecule has 1 N–H and O–H groups in total. The van der Waals surface area contributed by atoms with Crippen LogP contribution in [0.3, 0.4) is 0 Å². The Morgan fingerprint density at radius 1 is 1.06 bits per heavy atom. The van der Waals surface area contributed by atoms with Crippen LogP contribution in [0.4, 0.5) is 19.0 Å². The summed E-state index contributed by atoms with van der Waals surface area (Å²) in [5.41, 5.74) is 0.194. The maximum atomic E-state index is 13.2. The lowest BCUT2D eigenvalue weighted by molar-refractivity contribution is -0.137. The summed E-state index contributed by atoms with van der Waals surface area (Å²) < 4.78 is 50.3. The number of rotatable bonds is 6. The van der Waals surface area contributed by atoms with Crippen molar-refractivity contribution in [3.63, 3.8) is 0 Å². The average molecular weight is 432 g/mol. The number of alkyl halides is 3. The molecule has 1 aliphatic rings. The van der Waals surface area contributed by atoms with E-state index in [1.807, 2.05) is 0 Å². The van der Waals surface area contributed by atoms with Gasteiger partial charge in [-0.3, -0.25) is 4.90 Å². The lowest BCUT2D eigenvalue weighted by atomic mass is 10.1. The lowest BCUT2D eigenvalue weighted by Crippen LogP contribution is -2.39. The van der Waals surface area contributed by atoms with Crippen LogP contribution >= 0.6 is 0 Å². The first-order valence-corrected chi connectivity index (χ1v) is 10.0. The molecule has 31 heavy (non-hydrogen) atoms. The molecular formula is C22H23F3N4O2. The molecule has 4 rings (SSSR count). The van der Waals surface area contributed by atoms with Gasteiger partial charge in [-0.2, -0.15) is 13.2 Å². The van der Waals surface area contributed by atoms with Gasteiger partial charge in [-0.05, 0) is 42.5 Å². The van der Waals surface area contributed by atoms with Gasteiger partial charge in [0, 0.05) is 37.1 Å². The summed E-state index contributed by atoms with van der Waals surface area (Å²) in [5.74, 6) is 1.54.